The van der Waals surface area contributed by atoms with E-state index in [1.165, 1.54) is 0 Å². The van der Waals surface area contributed by atoms with Gasteiger partial charge in [-0.3, -0.25) is 9.52 Å². The van der Waals surface area contributed by atoms with E-state index in [1.807, 2.05) is 6.07 Å². The number of carbonyl (C=O) groups is 1. The largest absolute Gasteiger partial charge is 0.481 e. The van der Waals surface area contributed by atoms with Crippen molar-refractivity contribution in [3.63, 3.8) is 0 Å². The number of carboxylic acid groups (broad SMARTS) is 1. The van der Waals surface area contributed by atoms with Crippen LogP contribution in [0.4, 0.5) is 5.69 Å². The van der Waals surface area contributed by atoms with E-state index in [0.29, 0.717) is 5.69 Å². The topological polar surface area (TPSA) is 83.5 Å². The second kappa shape index (κ2) is 4.28. The molecule has 0 aromatic heterocycles. The maximum absolute atomic E-state index is 11.1. The van der Waals surface area contributed by atoms with Crippen molar-refractivity contribution in [2.24, 2.45) is 0 Å². The van der Waals surface area contributed by atoms with Crippen molar-refractivity contribution in [3.05, 3.63) is 29.8 Å². The fourth-order valence-electron chi connectivity index (χ4n) is 2.13. The van der Waals surface area contributed by atoms with Crippen LogP contribution in [-0.4, -0.2) is 25.7 Å². The maximum Gasteiger partial charge on any atom is 0.304 e. The molecular formula is C12H15NO4S. The molecule has 6 heteroatoms. The summed E-state index contributed by atoms with van der Waals surface area (Å²) in [4.78, 5) is 10.8. The maximum atomic E-state index is 11.1. The number of carboxylic acids is 1. The van der Waals surface area contributed by atoms with E-state index in [0.717, 1.165) is 24.7 Å². The first kappa shape index (κ1) is 12.9. The van der Waals surface area contributed by atoms with Gasteiger partial charge in [0.1, 0.15) is 0 Å². The molecular weight excluding hydrogens is 254 g/mol. The highest BCUT2D eigenvalue weighted by atomic mass is 32.2. The van der Waals surface area contributed by atoms with Crippen molar-refractivity contribution in [1.82, 2.24) is 0 Å². The Morgan fingerprint density at radius 2 is 2.11 bits per heavy atom. The lowest BCUT2D eigenvalue weighted by Crippen LogP contribution is -2.14. The molecule has 0 bridgehead atoms. The zero-order valence-corrected chi connectivity index (χ0v) is 10.8. The number of sulfonamides is 1. The smallest absolute Gasteiger partial charge is 0.304 e. The van der Waals surface area contributed by atoms with Crippen molar-refractivity contribution in [1.29, 1.82) is 0 Å². The number of benzene rings is 1. The Labute approximate surface area is 106 Å². The highest BCUT2D eigenvalue weighted by Gasteiger charge is 2.45. The third-order valence-corrected chi connectivity index (χ3v) is 3.73. The molecule has 0 heterocycles. The van der Waals surface area contributed by atoms with Crippen molar-refractivity contribution < 1.29 is 18.3 Å². The molecule has 0 unspecified atom stereocenters. The molecule has 1 aliphatic carbocycles. The summed E-state index contributed by atoms with van der Waals surface area (Å²) < 4.78 is 24.7. The van der Waals surface area contributed by atoms with Crippen LogP contribution in [0.5, 0.6) is 0 Å². The summed E-state index contributed by atoms with van der Waals surface area (Å²) in [7, 11) is -3.31. The van der Waals surface area contributed by atoms with Gasteiger partial charge in [-0.2, -0.15) is 0 Å². The number of hydrogen-bond donors (Lipinski definition) is 2. The monoisotopic (exact) mass is 269 g/mol. The van der Waals surface area contributed by atoms with E-state index in [4.69, 9.17) is 5.11 Å². The molecule has 0 radical (unpaired) electrons. The van der Waals surface area contributed by atoms with E-state index in [-0.39, 0.29) is 11.8 Å². The van der Waals surface area contributed by atoms with Crippen LogP contribution in [0.25, 0.3) is 0 Å². The molecule has 1 aromatic rings. The van der Waals surface area contributed by atoms with Crippen molar-refractivity contribution in [3.8, 4) is 0 Å². The minimum absolute atomic E-state index is 0.0926. The van der Waals surface area contributed by atoms with Crippen LogP contribution >= 0.6 is 0 Å². The zero-order chi connectivity index (χ0) is 13.4. The highest BCUT2D eigenvalue weighted by molar-refractivity contribution is 7.92. The number of nitrogens with one attached hydrogen (secondary N) is 1. The summed E-state index contributed by atoms with van der Waals surface area (Å²) in [5.41, 5.74) is 1.06. The second-order valence-electron chi connectivity index (χ2n) is 4.81. The van der Waals surface area contributed by atoms with Gasteiger partial charge in [-0.05, 0) is 30.5 Å². The van der Waals surface area contributed by atoms with Crippen molar-refractivity contribution in [2.75, 3.05) is 11.0 Å². The van der Waals surface area contributed by atoms with E-state index < -0.39 is 16.0 Å². The van der Waals surface area contributed by atoms with E-state index in [1.54, 1.807) is 18.2 Å². The molecule has 1 aromatic carbocycles. The summed E-state index contributed by atoms with van der Waals surface area (Å²) in [6.07, 6.45) is 2.85. The minimum Gasteiger partial charge on any atom is -0.481 e. The van der Waals surface area contributed by atoms with Gasteiger partial charge in [-0.25, -0.2) is 8.42 Å². The average Bonchev–Trinajstić information content (AvgIpc) is 2.95. The lowest BCUT2D eigenvalue weighted by Gasteiger charge is -2.14. The number of anilines is 1. The third-order valence-electron chi connectivity index (χ3n) is 3.12. The molecule has 2 rings (SSSR count). The quantitative estimate of drug-likeness (QED) is 0.849. The lowest BCUT2D eigenvalue weighted by molar-refractivity contribution is -0.137. The molecule has 1 saturated carbocycles. The van der Waals surface area contributed by atoms with Gasteiger partial charge in [-0.15, -0.1) is 0 Å². The number of hydrogen-bond acceptors (Lipinski definition) is 3. The average molecular weight is 269 g/mol. The summed E-state index contributed by atoms with van der Waals surface area (Å²) in [5.74, 6) is -0.825. The molecule has 98 valence electrons. The van der Waals surface area contributed by atoms with Crippen LogP contribution in [0, 0.1) is 0 Å². The lowest BCUT2D eigenvalue weighted by atomic mass is 9.92. The molecule has 1 aliphatic rings. The summed E-state index contributed by atoms with van der Waals surface area (Å²) in [6.45, 7) is 0. The van der Waals surface area contributed by atoms with Crippen LogP contribution in [-0.2, 0) is 20.2 Å². The first-order chi connectivity index (χ1) is 8.31. The van der Waals surface area contributed by atoms with Crippen LogP contribution in [0.3, 0.4) is 0 Å². The molecule has 5 nitrogen and oxygen atoms in total. The minimum atomic E-state index is -3.31. The third kappa shape index (κ3) is 3.01. The molecule has 0 saturated heterocycles. The fourth-order valence-corrected chi connectivity index (χ4v) is 2.69. The van der Waals surface area contributed by atoms with Crippen molar-refractivity contribution >= 4 is 21.7 Å². The predicted octanol–water partition coefficient (Wildman–Crippen LogP) is 1.56. The Kier molecular flexibility index (Phi) is 3.06. The zero-order valence-electron chi connectivity index (χ0n) is 10.0. The van der Waals surface area contributed by atoms with E-state index in [9.17, 15) is 13.2 Å². The molecule has 0 spiro atoms. The molecule has 1 fully saturated rings. The Morgan fingerprint density at radius 1 is 1.44 bits per heavy atom. The van der Waals surface area contributed by atoms with Crippen molar-refractivity contribution in [2.45, 2.75) is 24.7 Å². The normalized spacial score (nSPS) is 17.2. The Bertz CT molecular complexity index is 575. The Morgan fingerprint density at radius 3 is 2.61 bits per heavy atom. The van der Waals surface area contributed by atoms with Gasteiger partial charge in [0.25, 0.3) is 0 Å². The van der Waals surface area contributed by atoms with Gasteiger partial charge in [-0.1, -0.05) is 12.1 Å². The summed E-state index contributed by atoms with van der Waals surface area (Å²) in [5, 5.41) is 8.89. The van der Waals surface area contributed by atoms with Gasteiger partial charge >= 0.3 is 5.97 Å². The summed E-state index contributed by atoms with van der Waals surface area (Å²) in [6, 6.07) is 6.96. The van der Waals surface area contributed by atoms with E-state index in [2.05, 4.69) is 4.72 Å². The SMILES string of the molecule is CS(=O)(=O)Nc1cccc(C2(CC(=O)O)CC2)c1. The Balaban J connectivity index is 2.25. The first-order valence-electron chi connectivity index (χ1n) is 5.61. The number of rotatable bonds is 5. The Hall–Kier alpha value is -1.56. The van der Waals surface area contributed by atoms with Gasteiger partial charge < -0.3 is 5.11 Å². The highest BCUT2D eigenvalue weighted by Crippen LogP contribution is 2.51. The second-order valence-corrected chi connectivity index (χ2v) is 6.55. The summed E-state index contributed by atoms with van der Waals surface area (Å²) >= 11 is 0. The molecule has 0 atom stereocenters. The van der Waals surface area contributed by atoms with Gasteiger partial charge in [0.15, 0.2) is 0 Å². The van der Waals surface area contributed by atoms with E-state index >= 15 is 0 Å². The number of aliphatic carboxylic acids is 1. The fraction of sp³-hybridized carbons (Fsp3) is 0.417. The van der Waals surface area contributed by atoms with Gasteiger partial charge in [0, 0.05) is 11.1 Å². The van der Waals surface area contributed by atoms with Gasteiger partial charge in [0.2, 0.25) is 10.0 Å². The predicted molar refractivity (Wildman–Crippen MR) is 68.1 cm³/mol. The van der Waals surface area contributed by atoms with Crippen LogP contribution < -0.4 is 4.72 Å². The van der Waals surface area contributed by atoms with Crippen LogP contribution in [0.1, 0.15) is 24.8 Å². The molecule has 0 amide bonds. The van der Waals surface area contributed by atoms with Crippen LogP contribution in [0.2, 0.25) is 0 Å². The first-order valence-corrected chi connectivity index (χ1v) is 7.50. The molecule has 2 N–H and O–H groups in total. The molecule has 0 aliphatic heterocycles. The standard InChI is InChI=1S/C12H15NO4S/c1-18(16,17)13-10-4-2-3-9(7-10)12(5-6-12)8-11(14)15/h2-4,7,13H,5-6,8H2,1H3,(H,14,15). The van der Waals surface area contributed by atoms with Gasteiger partial charge in [0.05, 0.1) is 12.7 Å². The van der Waals surface area contributed by atoms with Crippen LogP contribution in [0.15, 0.2) is 24.3 Å². The molecule has 18 heavy (non-hydrogen) atoms.